The van der Waals surface area contributed by atoms with Gasteiger partial charge in [-0.2, -0.15) is 0 Å². The van der Waals surface area contributed by atoms with Crippen molar-refractivity contribution in [1.29, 1.82) is 0 Å². The Bertz CT molecular complexity index is 916. The predicted octanol–water partition coefficient (Wildman–Crippen LogP) is 5.09. The van der Waals surface area contributed by atoms with Crippen LogP contribution < -0.4 is 10.4 Å². The number of hydrogen-bond donors (Lipinski definition) is 0. The maximum Gasteiger partial charge on any atom is 0.0943 e. The van der Waals surface area contributed by atoms with Crippen LogP contribution in [0, 0.1) is 24.7 Å². The minimum absolute atomic E-state index is 0.853. The first kappa shape index (κ1) is 18.5. The van der Waals surface area contributed by atoms with Crippen molar-refractivity contribution < 1.29 is 0 Å². The second-order valence-corrected chi connectivity index (χ2v) is 17.6. The average Bonchev–Trinajstić information content (AvgIpc) is 2.58. The molecule has 0 atom stereocenters. The zero-order valence-corrected chi connectivity index (χ0v) is 18.2. The van der Waals surface area contributed by atoms with E-state index in [9.17, 15) is 0 Å². The molecule has 0 radical (unpaired) electrons. The van der Waals surface area contributed by atoms with Crippen molar-refractivity contribution in [3.63, 3.8) is 0 Å². The van der Waals surface area contributed by atoms with Crippen LogP contribution in [0.4, 0.5) is 0 Å². The fourth-order valence-corrected chi connectivity index (χ4v) is 9.44. The topological polar surface area (TPSA) is 0 Å². The van der Waals surface area contributed by atoms with Crippen molar-refractivity contribution in [2.24, 2.45) is 0 Å². The third-order valence-corrected chi connectivity index (χ3v) is 11.3. The van der Waals surface area contributed by atoms with Crippen molar-refractivity contribution in [2.45, 2.75) is 38.3 Å². The number of fused-ring (bicyclic) bond motifs is 2. The molecular formula is C24H26Si2. The maximum atomic E-state index is 5.75. The summed E-state index contributed by atoms with van der Waals surface area (Å²) in [6.07, 6.45) is 11.5. The van der Waals surface area contributed by atoms with Gasteiger partial charge in [0.2, 0.25) is 0 Å². The van der Waals surface area contributed by atoms with E-state index in [1.54, 1.807) is 0 Å². The smallest absolute Gasteiger partial charge is 0.0943 e. The quantitative estimate of drug-likeness (QED) is 0.341. The highest BCUT2D eigenvalue weighted by molar-refractivity contribution is 6.97. The Kier molecular flexibility index (Phi) is 4.85. The summed E-state index contributed by atoms with van der Waals surface area (Å²) in [7, 11) is -3.54. The van der Waals surface area contributed by atoms with Crippen LogP contribution in [0.15, 0.2) is 48.5 Å². The Morgan fingerprint density at radius 3 is 1.12 bits per heavy atom. The first-order valence-corrected chi connectivity index (χ1v) is 15.6. The molecule has 0 aromatic heterocycles. The van der Waals surface area contributed by atoms with Gasteiger partial charge in [-0.15, -0.1) is 24.7 Å². The van der Waals surface area contributed by atoms with E-state index in [0.29, 0.717) is 0 Å². The van der Waals surface area contributed by atoms with Gasteiger partial charge in [-0.25, -0.2) is 0 Å². The van der Waals surface area contributed by atoms with E-state index in [1.807, 2.05) is 0 Å². The first-order chi connectivity index (χ1) is 12.3. The molecule has 0 amide bonds. The van der Waals surface area contributed by atoms with Crippen LogP contribution in [0.3, 0.4) is 0 Å². The summed E-state index contributed by atoms with van der Waals surface area (Å²) >= 11 is 0. The predicted molar refractivity (Wildman–Crippen MR) is 123 cm³/mol. The van der Waals surface area contributed by atoms with Crippen molar-refractivity contribution in [2.75, 3.05) is 0 Å². The standard InChI is InChI=1S/C24H26Si2/c1-7-17-25(3,4)23-19-13-9-11-15-21(19)24(26(5,6)18-8-2)22-16-12-10-14-20(22)23/h1-2,9-16H,17-18H2,3-6H3. The lowest BCUT2D eigenvalue weighted by atomic mass is 10.0. The highest BCUT2D eigenvalue weighted by Crippen LogP contribution is 2.28. The zero-order chi connectivity index (χ0) is 18.9. The lowest BCUT2D eigenvalue weighted by molar-refractivity contribution is 1.60. The molecule has 0 saturated carbocycles. The number of terminal acetylenes is 2. The van der Waals surface area contributed by atoms with Gasteiger partial charge in [0.15, 0.2) is 0 Å². The summed E-state index contributed by atoms with van der Waals surface area (Å²) < 4.78 is 0. The van der Waals surface area contributed by atoms with Gasteiger partial charge >= 0.3 is 0 Å². The molecule has 0 fully saturated rings. The molecule has 3 aromatic carbocycles. The monoisotopic (exact) mass is 370 g/mol. The Morgan fingerprint density at radius 1 is 0.615 bits per heavy atom. The Morgan fingerprint density at radius 2 is 0.885 bits per heavy atom. The molecule has 0 saturated heterocycles. The van der Waals surface area contributed by atoms with Crippen LogP contribution in [-0.4, -0.2) is 16.1 Å². The number of benzene rings is 3. The molecule has 0 aliphatic rings. The summed E-state index contributed by atoms with van der Waals surface area (Å²) in [5, 5.41) is 8.51. The van der Waals surface area contributed by atoms with Gasteiger partial charge in [-0.1, -0.05) is 74.7 Å². The van der Waals surface area contributed by atoms with Crippen molar-refractivity contribution in [3.05, 3.63) is 48.5 Å². The van der Waals surface area contributed by atoms with Gasteiger partial charge in [-0.3, -0.25) is 0 Å². The maximum absolute atomic E-state index is 5.75. The zero-order valence-electron chi connectivity index (χ0n) is 16.2. The van der Waals surface area contributed by atoms with Crippen molar-refractivity contribution in [3.8, 4) is 24.7 Å². The van der Waals surface area contributed by atoms with E-state index in [0.717, 1.165) is 12.1 Å². The molecule has 0 heterocycles. The number of hydrogen-bond acceptors (Lipinski definition) is 0. The van der Waals surface area contributed by atoms with Crippen molar-refractivity contribution in [1.82, 2.24) is 0 Å². The fourth-order valence-electron chi connectivity index (χ4n) is 4.27. The molecule has 0 nitrogen and oxygen atoms in total. The van der Waals surface area contributed by atoms with Crippen LogP contribution in [0.5, 0.6) is 0 Å². The first-order valence-electron chi connectivity index (χ1n) is 9.15. The van der Waals surface area contributed by atoms with Crippen LogP contribution in [-0.2, 0) is 0 Å². The lowest BCUT2D eigenvalue weighted by Gasteiger charge is -2.30. The molecule has 26 heavy (non-hydrogen) atoms. The molecule has 2 heteroatoms. The van der Waals surface area contributed by atoms with Gasteiger partial charge < -0.3 is 0 Å². The molecule has 0 aliphatic carbocycles. The van der Waals surface area contributed by atoms with Gasteiger partial charge in [0.1, 0.15) is 0 Å². The van der Waals surface area contributed by atoms with Gasteiger partial charge in [0.25, 0.3) is 0 Å². The van der Waals surface area contributed by atoms with Gasteiger partial charge in [-0.05, 0) is 31.9 Å². The summed E-state index contributed by atoms with van der Waals surface area (Å²) in [6.45, 7) is 9.57. The largest absolute Gasteiger partial charge is 0.120 e. The Balaban J connectivity index is 2.57. The van der Waals surface area contributed by atoms with E-state index in [4.69, 9.17) is 12.8 Å². The third-order valence-electron chi connectivity index (χ3n) is 5.37. The summed E-state index contributed by atoms with van der Waals surface area (Å²) in [5.41, 5.74) is 0. The highest BCUT2D eigenvalue weighted by atomic mass is 28.3. The molecule has 130 valence electrons. The molecule has 3 rings (SSSR count). The molecule has 0 aliphatic heterocycles. The molecule has 0 unspecified atom stereocenters. The van der Waals surface area contributed by atoms with Crippen LogP contribution in [0.1, 0.15) is 0 Å². The molecular weight excluding hydrogens is 344 g/mol. The Labute approximate surface area is 159 Å². The molecule has 0 bridgehead atoms. The van der Waals surface area contributed by atoms with Crippen LogP contribution in [0.2, 0.25) is 38.3 Å². The normalized spacial score (nSPS) is 12.1. The van der Waals surface area contributed by atoms with Crippen LogP contribution >= 0.6 is 0 Å². The summed E-state index contributed by atoms with van der Waals surface area (Å²) in [5.74, 6) is 5.89. The van der Waals surface area contributed by atoms with E-state index in [1.165, 1.54) is 31.9 Å². The average molecular weight is 371 g/mol. The second kappa shape index (κ2) is 6.80. The van der Waals surface area contributed by atoms with Gasteiger partial charge in [0.05, 0.1) is 16.1 Å². The summed E-state index contributed by atoms with van der Waals surface area (Å²) in [6, 6.07) is 19.5. The highest BCUT2D eigenvalue weighted by Gasteiger charge is 2.32. The Hall–Kier alpha value is -2.27. The minimum Gasteiger partial charge on any atom is -0.120 e. The molecule has 0 spiro atoms. The fraction of sp³-hybridized carbons (Fsp3) is 0.250. The van der Waals surface area contributed by atoms with Gasteiger partial charge in [0, 0.05) is 12.1 Å². The minimum atomic E-state index is -1.77. The van der Waals surface area contributed by atoms with E-state index in [2.05, 4.69) is 86.6 Å². The SMILES string of the molecule is C#CC[Si](C)(C)c1c2ccccc2c([Si](C)(C)CC#C)c2ccccc12. The van der Waals surface area contributed by atoms with E-state index in [-0.39, 0.29) is 0 Å². The van der Waals surface area contributed by atoms with E-state index >= 15 is 0 Å². The van der Waals surface area contributed by atoms with Crippen LogP contribution in [0.25, 0.3) is 21.5 Å². The number of rotatable bonds is 4. The van der Waals surface area contributed by atoms with Crippen molar-refractivity contribution >= 4 is 48.1 Å². The lowest BCUT2D eigenvalue weighted by Crippen LogP contribution is -2.47. The molecule has 3 aromatic rings. The second-order valence-electron chi connectivity index (χ2n) is 8.37. The third kappa shape index (κ3) is 3.01. The molecule has 0 N–H and O–H groups in total. The summed E-state index contributed by atoms with van der Waals surface area (Å²) in [4.78, 5) is 0. The van der Waals surface area contributed by atoms with E-state index < -0.39 is 16.1 Å².